The van der Waals surface area contributed by atoms with Crippen LogP contribution in [0.5, 0.6) is 0 Å². The van der Waals surface area contributed by atoms with E-state index < -0.39 is 14.9 Å². The number of carbonyl (C=O) groups excluding carboxylic acids is 1. The van der Waals surface area contributed by atoms with E-state index in [2.05, 4.69) is 0 Å². The van der Waals surface area contributed by atoms with Gasteiger partial charge in [0.2, 0.25) is 15.9 Å². The zero-order chi connectivity index (χ0) is 20.3. The van der Waals surface area contributed by atoms with Gasteiger partial charge in [-0.2, -0.15) is 4.31 Å². The van der Waals surface area contributed by atoms with Crippen LogP contribution in [-0.2, 0) is 14.8 Å². The van der Waals surface area contributed by atoms with Crippen molar-refractivity contribution in [3.63, 3.8) is 0 Å². The Kier molecular flexibility index (Phi) is 5.61. The summed E-state index contributed by atoms with van der Waals surface area (Å²) in [5.41, 5.74) is -0.284. The highest BCUT2D eigenvalue weighted by Gasteiger charge is 2.30. The van der Waals surface area contributed by atoms with E-state index in [0.29, 0.717) is 5.76 Å². The highest BCUT2D eigenvalue weighted by atomic mass is 32.2. The lowest BCUT2D eigenvalue weighted by molar-refractivity contribution is -0.385. The zero-order valence-corrected chi connectivity index (χ0v) is 16.0. The summed E-state index contributed by atoms with van der Waals surface area (Å²) in [6.07, 6.45) is 2.96. The van der Waals surface area contributed by atoms with Gasteiger partial charge in [-0.3, -0.25) is 14.9 Å². The van der Waals surface area contributed by atoms with E-state index in [9.17, 15) is 23.3 Å². The van der Waals surface area contributed by atoms with Crippen LogP contribution in [0.15, 0.2) is 51.8 Å². The third kappa shape index (κ3) is 4.29. The van der Waals surface area contributed by atoms with Crippen molar-refractivity contribution in [2.45, 2.75) is 11.8 Å². The summed E-state index contributed by atoms with van der Waals surface area (Å²) in [5, 5.41) is 10.9. The second-order valence-electron chi connectivity index (χ2n) is 6.27. The van der Waals surface area contributed by atoms with Gasteiger partial charge in [-0.25, -0.2) is 8.42 Å². The zero-order valence-electron chi connectivity index (χ0n) is 15.1. The smallest absolute Gasteiger partial charge is 0.270 e. The topological polar surface area (TPSA) is 114 Å². The molecule has 3 rings (SSSR count). The molecule has 10 heteroatoms. The number of nitro benzene ring substituents is 1. The molecule has 2 aromatic rings. The molecule has 1 aliphatic rings. The summed E-state index contributed by atoms with van der Waals surface area (Å²) in [4.78, 5) is 23.9. The van der Waals surface area contributed by atoms with Crippen LogP contribution in [0.2, 0.25) is 0 Å². The lowest BCUT2D eigenvalue weighted by Crippen LogP contribution is -2.50. The first-order chi connectivity index (χ1) is 13.3. The Morgan fingerprint density at radius 1 is 1.18 bits per heavy atom. The normalized spacial score (nSPS) is 15.8. The first kappa shape index (κ1) is 19.8. The van der Waals surface area contributed by atoms with E-state index in [0.717, 1.165) is 11.8 Å². The number of furan rings is 1. The number of aryl methyl sites for hydroxylation is 1. The van der Waals surface area contributed by atoms with E-state index in [-0.39, 0.29) is 42.7 Å². The number of piperazine rings is 1. The maximum absolute atomic E-state index is 12.7. The Balaban J connectivity index is 1.64. The van der Waals surface area contributed by atoms with Crippen LogP contribution < -0.4 is 0 Å². The van der Waals surface area contributed by atoms with E-state index in [1.807, 2.05) is 0 Å². The van der Waals surface area contributed by atoms with Crippen molar-refractivity contribution in [2.24, 2.45) is 0 Å². The molecule has 0 saturated carbocycles. The SMILES string of the molecule is Cc1ccc(/C=C/C(=O)N2CCN(S(=O)(=O)c3cccc([N+](=O)[O-])c3)CC2)o1. The van der Waals surface area contributed by atoms with E-state index in [1.165, 1.54) is 28.6 Å². The molecule has 0 spiro atoms. The molecule has 1 aromatic carbocycles. The van der Waals surface area contributed by atoms with E-state index >= 15 is 0 Å². The number of rotatable bonds is 5. The van der Waals surface area contributed by atoms with Gasteiger partial charge in [0.25, 0.3) is 5.69 Å². The summed E-state index contributed by atoms with van der Waals surface area (Å²) in [5.74, 6) is 1.08. The molecule has 0 bridgehead atoms. The molecule has 1 amide bonds. The number of sulfonamides is 1. The Morgan fingerprint density at radius 2 is 1.89 bits per heavy atom. The van der Waals surface area contributed by atoms with Crippen molar-refractivity contribution in [2.75, 3.05) is 26.2 Å². The molecule has 2 heterocycles. The second kappa shape index (κ2) is 7.95. The standard InChI is InChI=1S/C18H19N3O6S/c1-14-5-6-16(27-14)7-8-18(22)19-9-11-20(12-10-19)28(25,26)17-4-2-3-15(13-17)21(23)24/h2-8,13H,9-12H2,1H3/b8-7+. The maximum atomic E-state index is 12.7. The summed E-state index contributed by atoms with van der Waals surface area (Å²) < 4.78 is 32.0. The van der Waals surface area contributed by atoms with E-state index in [1.54, 1.807) is 30.0 Å². The van der Waals surface area contributed by atoms with Crippen LogP contribution in [0.4, 0.5) is 5.69 Å². The molecule has 1 saturated heterocycles. The Labute approximate surface area is 162 Å². The largest absolute Gasteiger partial charge is 0.462 e. The molecule has 1 aromatic heterocycles. The van der Waals surface area contributed by atoms with Crippen molar-refractivity contribution in [1.82, 2.24) is 9.21 Å². The van der Waals surface area contributed by atoms with Crippen LogP contribution in [0, 0.1) is 17.0 Å². The number of amides is 1. The number of benzene rings is 1. The minimum absolute atomic E-state index is 0.116. The first-order valence-electron chi connectivity index (χ1n) is 8.55. The van der Waals surface area contributed by atoms with Crippen molar-refractivity contribution in [3.8, 4) is 0 Å². The number of non-ortho nitro benzene ring substituents is 1. The Morgan fingerprint density at radius 3 is 2.50 bits per heavy atom. The predicted octanol–water partition coefficient (Wildman–Crippen LogP) is 2.04. The Hall–Kier alpha value is -2.98. The molecule has 0 atom stereocenters. The molecule has 1 aliphatic heterocycles. The molecule has 148 valence electrons. The van der Waals surface area contributed by atoms with Crippen molar-refractivity contribution >= 4 is 27.7 Å². The molecule has 0 radical (unpaired) electrons. The minimum Gasteiger partial charge on any atom is -0.462 e. The average Bonchev–Trinajstić information content (AvgIpc) is 3.11. The van der Waals surface area contributed by atoms with Gasteiger partial charge in [-0.1, -0.05) is 6.07 Å². The monoisotopic (exact) mass is 405 g/mol. The molecule has 9 nitrogen and oxygen atoms in total. The van der Waals surface area contributed by atoms with Crippen LogP contribution in [0.25, 0.3) is 6.08 Å². The maximum Gasteiger partial charge on any atom is 0.270 e. The molecule has 0 N–H and O–H groups in total. The highest BCUT2D eigenvalue weighted by Crippen LogP contribution is 2.22. The lowest BCUT2D eigenvalue weighted by Gasteiger charge is -2.33. The van der Waals surface area contributed by atoms with Gasteiger partial charge in [0, 0.05) is 44.4 Å². The van der Waals surface area contributed by atoms with Gasteiger partial charge < -0.3 is 9.32 Å². The molecule has 28 heavy (non-hydrogen) atoms. The van der Waals surface area contributed by atoms with Crippen LogP contribution in [0.1, 0.15) is 11.5 Å². The number of carbonyl (C=O) groups is 1. The second-order valence-corrected chi connectivity index (χ2v) is 8.20. The molecular formula is C18H19N3O6S. The molecular weight excluding hydrogens is 386 g/mol. The third-order valence-corrected chi connectivity index (χ3v) is 6.26. The van der Waals surface area contributed by atoms with Gasteiger partial charge in [0.05, 0.1) is 9.82 Å². The highest BCUT2D eigenvalue weighted by molar-refractivity contribution is 7.89. The average molecular weight is 405 g/mol. The number of hydrogen-bond donors (Lipinski definition) is 0. The van der Waals surface area contributed by atoms with Crippen molar-refractivity contribution < 1.29 is 22.6 Å². The third-order valence-electron chi connectivity index (χ3n) is 4.37. The lowest BCUT2D eigenvalue weighted by atomic mass is 10.3. The molecule has 0 aliphatic carbocycles. The van der Waals surface area contributed by atoms with Crippen molar-refractivity contribution in [1.29, 1.82) is 0 Å². The number of nitrogens with zero attached hydrogens (tertiary/aromatic N) is 3. The van der Waals surface area contributed by atoms with Crippen LogP contribution in [0.3, 0.4) is 0 Å². The summed E-state index contributed by atoms with van der Waals surface area (Å²) in [6, 6.07) is 8.49. The van der Waals surface area contributed by atoms with Crippen LogP contribution >= 0.6 is 0 Å². The van der Waals surface area contributed by atoms with Gasteiger partial charge in [0.1, 0.15) is 11.5 Å². The fraction of sp³-hybridized carbons (Fsp3) is 0.278. The fourth-order valence-corrected chi connectivity index (χ4v) is 4.32. The number of nitro groups is 1. The van der Waals surface area contributed by atoms with Gasteiger partial charge >= 0.3 is 0 Å². The summed E-state index contributed by atoms with van der Waals surface area (Å²) in [7, 11) is -3.86. The van der Waals surface area contributed by atoms with Gasteiger partial charge in [-0.15, -0.1) is 0 Å². The quantitative estimate of drug-likeness (QED) is 0.427. The molecule has 1 fully saturated rings. The van der Waals surface area contributed by atoms with Gasteiger partial charge in [0.15, 0.2) is 0 Å². The van der Waals surface area contributed by atoms with Crippen LogP contribution in [-0.4, -0.2) is 54.6 Å². The predicted molar refractivity (Wildman–Crippen MR) is 101 cm³/mol. The Bertz CT molecular complexity index is 1020. The minimum atomic E-state index is -3.86. The van der Waals surface area contributed by atoms with Gasteiger partial charge in [-0.05, 0) is 31.2 Å². The first-order valence-corrected chi connectivity index (χ1v) is 9.99. The van der Waals surface area contributed by atoms with E-state index in [4.69, 9.17) is 4.42 Å². The summed E-state index contributed by atoms with van der Waals surface area (Å²) >= 11 is 0. The fourth-order valence-electron chi connectivity index (χ4n) is 2.86. The number of hydrogen-bond acceptors (Lipinski definition) is 6. The molecule has 0 unspecified atom stereocenters. The summed E-state index contributed by atoms with van der Waals surface area (Å²) in [6.45, 7) is 2.50. The van der Waals surface area contributed by atoms with Crippen molar-refractivity contribution in [3.05, 3.63) is 64.1 Å².